The van der Waals surface area contributed by atoms with Crippen molar-refractivity contribution in [3.05, 3.63) is 141 Å². The van der Waals surface area contributed by atoms with Crippen molar-refractivity contribution in [1.29, 1.82) is 0 Å². The highest BCUT2D eigenvalue weighted by Crippen LogP contribution is 2.46. The summed E-state index contributed by atoms with van der Waals surface area (Å²) in [6, 6.07) is 27.6. The molecule has 0 spiro atoms. The maximum Gasteiger partial charge on any atom is 0.355 e. The number of β-lactam (4-membered cyclic amide) rings is 1. The van der Waals surface area contributed by atoms with Gasteiger partial charge in [0.05, 0.1) is 63.8 Å². The second-order valence-corrected chi connectivity index (χ2v) is 23.3. The average molecular weight is 1090 g/mol. The van der Waals surface area contributed by atoms with Gasteiger partial charge in [-0.2, -0.15) is 0 Å². The fourth-order valence-corrected chi connectivity index (χ4v) is 11.2. The number of aryl methyl sites for hydroxylation is 1. The Hall–Kier alpha value is -6.89. The number of carbonyl (C=O) groups excluding carboxylic acids is 4. The van der Waals surface area contributed by atoms with Gasteiger partial charge in [-0.05, 0) is 92.1 Å². The van der Waals surface area contributed by atoms with Gasteiger partial charge >= 0.3 is 5.97 Å². The lowest BCUT2D eigenvalue weighted by Crippen LogP contribution is -2.63. The van der Waals surface area contributed by atoms with E-state index in [9.17, 15) is 19.2 Å². The second kappa shape index (κ2) is 24.6. The van der Waals surface area contributed by atoms with E-state index < -0.39 is 22.9 Å². The first-order chi connectivity index (χ1) is 36.9. The van der Waals surface area contributed by atoms with E-state index in [4.69, 9.17) is 33.3 Å². The van der Waals surface area contributed by atoms with Crippen LogP contribution in [0, 0.1) is 18.3 Å². The fraction of sp³-hybridized carbons (Fsp3) is 0.424. The highest BCUT2D eigenvalue weighted by atomic mass is 32.2. The van der Waals surface area contributed by atoms with Crippen molar-refractivity contribution >= 4 is 52.4 Å². The number of nitrogens with one attached hydrogen (secondary N) is 1. The standard InChI is InChI=1S/C59H69N5O11S2/c1-38-61-48(37-76-38)52(62-75-59(5,6)58(2,3)4)49(65)31-47-55(67)63-53(57(68)74-35-41-16-23-46(71-9)24-17-41)43(36-77-56(47)63)32-64(27-10-11-28-64)29-26-60-54(66)42-18-25-50(72-33-39-12-19-44(69-7)20-13-39)51(30-42)73-34-40-14-21-45(70-8)22-15-40/h12-25,30,37,47,56H,10-11,26-29,31-36H2,1-9H3/p+1/b62-52+/t47-,56-/m1/s1. The molecule has 0 radical (unpaired) electrons. The van der Waals surface area contributed by atoms with Gasteiger partial charge in [0.25, 0.3) is 5.91 Å². The third kappa shape index (κ3) is 13.6. The molecule has 0 saturated carbocycles. The number of benzene rings is 4. The van der Waals surface area contributed by atoms with E-state index in [1.165, 1.54) is 16.2 Å². The van der Waals surface area contributed by atoms with E-state index in [1.54, 1.807) is 68.8 Å². The molecule has 77 heavy (non-hydrogen) atoms. The zero-order valence-electron chi connectivity index (χ0n) is 45.5. The molecule has 16 nitrogen and oxygen atoms in total. The van der Waals surface area contributed by atoms with Crippen LogP contribution < -0.4 is 29.0 Å². The summed E-state index contributed by atoms with van der Waals surface area (Å²) in [5.41, 5.74) is 3.45. The van der Waals surface area contributed by atoms with Gasteiger partial charge < -0.3 is 43.1 Å². The fourth-order valence-electron chi connectivity index (χ4n) is 9.20. The number of rotatable bonds is 24. The highest BCUT2D eigenvalue weighted by Gasteiger charge is 2.55. The third-order valence-corrected chi connectivity index (χ3v) is 17.0. The summed E-state index contributed by atoms with van der Waals surface area (Å²) in [5, 5.41) is 9.62. The molecule has 0 aliphatic carbocycles. The summed E-state index contributed by atoms with van der Waals surface area (Å²) in [5.74, 6) is 1.20. The number of oxime groups is 1. The van der Waals surface area contributed by atoms with Crippen LogP contribution in [-0.4, -0.2) is 114 Å². The summed E-state index contributed by atoms with van der Waals surface area (Å²) in [6.45, 7) is 15.3. The summed E-state index contributed by atoms with van der Waals surface area (Å²) in [7, 11) is 4.83. The molecule has 3 aliphatic heterocycles. The lowest BCUT2D eigenvalue weighted by atomic mass is 9.79. The molecule has 8 rings (SSSR count). The number of thiazole rings is 1. The molecule has 2 amide bonds. The number of methoxy groups -OCH3 is 3. The van der Waals surface area contributed by atoms with E-state index in [-0.39, 0.29) is 60.7 Å². The molecular formula is C59H70N5O11S2+. The van der Waals surface area contributed by atoms with Crippen LogP contribution in [0.25, 0.3) is 0 Å². The molecule has 3 aliphatic rings. The van der Waals surface area contributed by atoms with Gasteiger partial charge in [-0.3, -0.25) is 19.3 Å². The molecule has 18 heteroatoms. The number of amides is 2. The van der Waals surface area contributed by atoms with Gasteiger partial charge in [-0.25, -0.2) is 9.78 Å². The molecule has 1 N–H and O–H groups in total. The first-order valence-corrected chi connectivity index (χ1v) is 27.8. The number of esters is 1. The van der Waals surface area contributed by atoms with Crippen molar-refractivity contribution in [2.24, 2.45) is 16.5 Å². The summed E-state index contributed by atoms with van der Waals surface area (Å²) in [4.78, 5) is 69.4. The van der Waals surface area contributed by atoms with Crippen LogP contribution in [0.5, 0.6) is 28.7 Å². The van der Waals surface area contributed by atoms with Crippen LogP contribution in [-0.2, 0) is 43.8 Å². The topological polar surface area (TPSA) is 173 Å². The summed E-state index contributed by atoms with van der Waals surface area (Å²) in [6.07, 6.45) is 1.79. The molecule has 0 bridgehead atoms. The average Bonchev–Trinajstić information content (AvgIpc) is 4.09. The number of aromatic nitrogens is 1. The Kier molecular flexibility index (Phi) is 18.0. The molecule has 2 fully saturated rings. The Morgan fingerprint density at radius 3 is 1.90 bits per heavy atom. The first-order valence-electron chi connectivity index (χ1n) is 25.9. The predicted octanol–water partition coefficient (Wildman–Crippen LogP) is 9.71. The second-order valence-electron chi connectivity index (χ2n) is 21.1. The van der Waals surface area contributed by atoms with Crippen molar-refractivity contribution in [3.8, 4) is 28.7 Å². The molecule has 0 unspecified atom stereocenters. The molecule has 1 aromatic heterocycles. The van der Waals surface area contributed by atoms with E-state index in [0.29, 0.717) is 58.4 Å². The number of hydrogen-bond donors (Lipinski definition) is 1. The monoisotopic (exact) mass is 1090 g/mol. The first kappa shape index (κ1) is 56.3. The number of likely N-dealkylation sites (tertiary alicyclic amines) is 1. The van der Waals surface area contributed by atoms with Crippen molar-refractivity contribution in [3.63, 3.8) is 0 Å². The Morgan fingerprint density at radius 1 is 0.779 bits per heavy atom. The predicted molar refractivity (Wildman–Crippen MR) is 296 cm³/mol. The number of quaternary nitrogens is 1. The SMILES string of the molecule is COc1ccc(COC(=O)C2=C(C[N+]3(CCNC(=O)c4ccc(OCc5ccc(OC)cc5)c(OCc5ccc(OC)cc5)c4)CCCC3)CS[C@@H]3[C@H](CC(=O)/C(=N/OC(C)(C)C(C)(C)C)c4csc(C)n4)C(=O)N23)cc1. The van der Waals surface area contributed by atoms with Crippen LogP contribution in [0.15, 0.2) is 113 Å². The number of carbonyl (C=O) groups is 4. The highest BCUT2D eigenvalue weighted by molar-refractivity contribution is 8.00. The number of ketones is 1. The van der Waals surface area contributed by atoms with E-state index >= 15 is 0 Å². The zero-order chi connectivity index (χ0) is 54.9. The lowest BCUT2D eigenvalue weighted by Gasteiger charge is -2.50. The number of Topliss-reactive ketones (excluding diaryl/α,β-unsaturated/α-hetero) is 1. The molecular weight excluding hydrogens is 1020 g/mol. The molecule has 5 aromatic rings. The van der Waals surface area contributed by atoms with E-state index in [1.807, 2.05) is 102 Å². The maximum atomic E-state index is 14.5. The number of thioether (sulfide) groups is 1. The summed E-state index contributed by atoms with van der Waals surface area (Å²) >= 11 is 2.94. The number of hydrogen-bond acceptors (Lipinski definition) is 15. The van der Waals surface area contributed by atoms with Gasteiger partial charge in [-0.15, -0.1) is 23.1 Å². The number of fused-ring (bicyclic) bond motifs is 1. The molecule has 2 saturated heterocycles. The molecule has 408 valence electrons. The van der Waals surface area contributed by atoms with Crippen molar-refractivity contribution in [2.75, 3.05) is 59.8 Å². The molecule has 4 aromatic carbocycles. The van der Waals surface area contributed by atoms with Gasteiger partial charge in [0, 0.05) is 46.9 Å². The van der Waals surface area contributed by atoms with Gasteiger partial charge in [0.15, 0.2) is 23.0 Å². The Balaban J connectivity index is 0.992. The number of nitrogens with zero attached hydrogens (tertiary/aromatic N) is 4. The van der Waals surface area contributed by atoms with Crippen LogP contribution >= 0.6 is 23.1 Å². The Morgan fingerprint density at radius 2 is 1.35 bits per heavy atom. The molecule has 2 atom stereocenters. The largest absolute Gasteiger partial charge is 0.497 e. The van der Waals surface area contributed by atoms with Crippen LogP contribution in [0.4, 0.5) is 0 Å². The third-order valence-electron chi connectivity index (χ3n) is 14.8. The van der Waals surface area contributed by atoms with Gasteiger partial charge in [0.2, 0.25) is 5.91 Å². The van der Waals surface area contributed by atoms with Crippen molar-refractivity contribution < 1.29 is 56.9 Å². The van der Waals surface area contributed by atoms with Crippen molar-refractivity contribution in [2.45, 2.75) is 91.6 Å². The van der Waals surface area contributed by atoms with Gasteiger partial charge in [-0.1, -0.05) is 62.3 Å². The smallest absolute Gasteiger partial charge is 0.355 e. The summed E-state index contributed by atoms with van der Waals surface area (Å²) < 4.78 is 35.1. The Bertz CT molecular complexity index is 2960. The minimum absolute atomic E-state index is 0.0186. The zero-order valence-corrected chi connectivity index (χ0v) is 47.1. The molecule has 4 heterocycles. The van der Waals surface area contributed by atoms with Crippen LogP contribution in [0.3, 0.4) is 0 Å². The van der Waals surface area contributed by atoms with E-state index in [0.717, 1.165) is 64.7 Å². The van der Waals surface area contributed by atoms with Gasteiger partial charge in [0.1, 0.15) is 60.6 Å². The van der Waals surface area contributed by atoms with Crippen molar-refractivity contribution in [1.82, 2.24) is 15.2 Å². The minimum Gasteiger partial charge on any atom is -0.497 e. The maximum absolute atomic E-state index is 14.5. The number of ether oxygens (including phenoxy) is 6. The quantitative estimate of drug-likeness (QED) is 0.0204. The van der Waals surface area contributed by atoms with E-state index in [2.05, 4.69) is 15.5 Å². The Labute approximate surface area is 459 Å². The lowest BCUT2D eigenvalue weighted by molar-refractivity contribution is -0.911. The van der Waals surface area contributed by atoms with Crippen LogP contribution in [0.1, 0.15) is 91.6 Å². The minimum atomic E-state index is -0.727. The van der Waals surface area contributed by atoms with Crippen LogP contribution in [0.2, 0.25) is 0 Å². The normalized spacial score (nSPS) is 17.2.